The molecule has 0 bridgehead atoms. The SMILES string of the molecule is O=C(O)c1ccccc1C1C#C1. The Hall–Kier alpha value is -1.75. The summed E-state index contributed by atoms with van der Waals surface area (Å²) in [7, 11) is 0. The number of carbonyl (C=O) groups is 1. The number of benzene rings is 1. The predicted octanol–water partition coefficient (Wildman–Crippen LogP) is 1.49. The average Bonchev–Trinajstić information content (AvgIpc) is 2.87. The first-order chi connectivity index (χ1) is 5.79. The van der Waals surface area contributed by atoms with Crippen LogP contribution in [0.15, 0.2) is 24.3 Å². The van der Waals surface area contributed by atoms with Crippen LogP contribution in [-0.4, -0.2) is 11.1 Å². The normalized spacial score (nSPS) is 13.3. The monoisotopic (exact) mass is 158 g/mol. The molecule has 0 spiro atoms. The first kappa shape index (κ1) is 6.93. The fourth-order valence-electron chi connectivity index (χ4n) is 1.14. The van der Waals surface area contributed by atoms with E-state index in [-0.39, 0.29) is 5.92 Å². The minimum Gasteiger partial charge on any atom is -0.478 e. The van der Waals surface area contributed by atoms with Gasteiger partial charge in [0.05, 0.1) is 5.56 Å². The largest absolute Gasteiger partial charge is 0.478 e. The summed E-state index contributed by atoms with van der Waals surface area (Å²) in [5.74, 6) is 4.79. The summed E-state index contributed by atoms with van der Waals surface area (Å²) in [4.78, 5) is 10.7. The molecular formula is C10H6O2. The molecule has 0 unspecified atom stereocenters. The molecule has 0 atom stereocenters. The Kier molecular flexibility index (Phi) is 1.38. The zero-order chi connectivity index (χ0) is 8.55. The van der Waals surface area contributed by atoms with Crippen molar-refractivity contribution in [3.05, 3.63) is 35.4 Å². The third-order valence-electron chi connectivity index (χ3n) is 1.79. The summed E-state index contributed by atoms with van der Waals surface area (Å²) in [6.07, 6.45) is 0. The highest BCUT2D eigenvalue weighted by Crippen LogP contribution is 2.24. The number of hydrogen-bond acceptors (Lipinski definition) is 1. The van der Waals surface area contributed by atoms with Gasteiger partial charge in [-0.05, 0) is 11.6 Å². The lowest BCUT2D eigenvalue weighted by Crippen LogP contribution is -2.01. The minimum absolute atomic E-state index is 0.0114. The van der Waals surface area contributed by atoms with E-state index in [1.807, 2.05) is 6.07 Å². The fourth-order valence-corrected chi connectivity index (χ4v) is 1.14. The lowest BCUT2D eigenvalue weighted by molar-refractivity contribution is 0.0696. The zero-order valence-electron chi connectivity index (χ0n) is 6.24. The van der Waals surface area contributed by atoms with Crippen molar-refractivity contribution in [2.75, 3.05) is 0 Å². The van der Waals surface area contributed by atoms with E-state index in [1.165, 1.54) is 0 Å². The second kappa shape index (κ2) is 2.38. The van der Waals surface area contributed by atoms with Crippen molar-refractivity contribution in [3.8, 4) is 11.8 Å². The molecule has 1 aliphatic carbocycles. The van der Waals surface area contributed by atoms with E-state index < -0.39 is 5.97 Å². The minimum atomic E-state index is -0.888. The van der Waals surface area contributed by atoms with Gasteiger partial charge >= 0.3 is 5.97 Å². The van der Waals surface area contributed by atoms with Crippen molar-refractivity contribution in [2.45, 2.75) is 5.92 Å². The van der Waals surface area contributed by atoms with Crippen LogP contribution in [0, 0.1) is 11.8 Å². The van der Waals surface area contributed by atoms with Gasteiger partial charge in [0.1, 0.15) is 5.92 Å². The number of aromatic carboxylic acids is 1. The molecule has 58 valence electrons. The van der Waals surface area contributed by atoms with Gasteiger partial charge in [0, 0.05) is 0 Å². The Morgan fingerprint density at radius 2 is 2.00 bits per heavy atom. The highest BCUT2D eigenvalue weighted by Gasteiger charge is 2.19. The van der Waals surface area contributed by atoms with E-state index in [0.29, 0.717) is 5.56 Å². The molecule has 1 N–H and O–H groups in total. The van der Waals surface area contributed by atoms with Crippen LogP contribution in [0.5, 0.6) is 0 Å². The number of carboxylic acid groups (broad SMARTS) is 1. The molecule has 2 rings (SSSR count). The third kappa shape index (κ3) is 1.06. The zero-order valence-corrected chi connectivity index (χ0v) is 6.24. The van der Waals surface area contributed by atoms with Gasteiger partial charge in [-0.3, -0.25) is 0 Å². The first-order valence-corrected chi connectivity index (χ1v) is 3.62. The van der Waals surface area contributed by atoms with Gasteiger partial charge in [-0.2, -0.15) is 0 Å². The summed E-state index contributed by atoms with van der Waals surface area (Å²) in [6.45, 7) is 0. The number of rotatable bonds is 2. The summed E-state index contributed by atoms with van der Waals surface area (Å²) in [5, 5.41) is 8.79. The molecule has 0 saturated carbocycles. The van der Waals surface area contributed by atoms with Gasteiger partial charge in [-0.15, -0.1) is 0 Å². The molecule has 0 radical (unpaired) electrons. The van der Waals surface area contributed by atoms with Gasteiger partial charge in [-0.1, -0.05) is 30.0 Å². The fraction of sp³-hybridized carbons (Fsp3) is 0.100. The van der Waals surface area contributed by atoms with Gasteiger partial charge < -0.3 is 5.11 Å². The van der Waals surface area contributed by atoms with Gasteiger partial charge in [-0.25, -0.2) is 4.79 Å². The summed E-state index contributed by atoms with van der Waals surface area (Å²) in [6, 6.07) is 6.93. The Morgan fingerprint density at radius 1 is 1.33 bits per heavy atom. The van der Waals surface area contributed by atoms with E-state index in [1.54, 1.807) is 18.2 Å². The van der Waals surface area contributed by atoms with E-state index in [0.717, 1.165) is 5.56 Å². The topological polar surface area (TPSA) is 37.3 Å². The molecular weight excluding hydrogens is 152 g/mol. The third-order valence-corrected chi connectivity index (χ3v) is 1.79. The molecule has 0 fully saturated rings. The second-order valence-corrected chi connectivity index (χ2v) is 2.61. The Balaban J connectivity index is 2.44. The Bertz CT molecular complexity index is 388. The van der Waals surface area contributed by atoms with E-state index in [2.05, 4.69) is 11.8 Å². The van der Waals surface area contributed by atoms with E-state index in [9.17, 15) is 4.79 Å². The van der Waals surface area contributed by atoms with Crippen LogP contribution in [0.4, 0.5) is 0 Å². The van der Waals surface area contributed by atoms with Crippen LogP contribution in [0.25, 0.3) is 0 Å². The molecule has 0 saturated heterocycles. The second-order valence-electron chi connectivity index (χ2n) is 2.61. The van der Waals surface area contributed by atoms with Crippen LogP contribution in [0.2, 0.25) is 0 Å². The van der Waals surface area contributed by atoms with Crippen LogP contribution >= 0.6 is 0 Å². The van der Waals surface area contributed by atoms with Crippen molar-refractivity contribution in [3.63, 3.8) is 0 Å². The first-order valence-electron chi connectivity index (χ1n) is 3.62. The van der Waals surface area contributed by atoms with Gasteiger partial charge in [0.2, 0.25) is 0 Å². The predicted molar refractivity (Wildman–Crippen MR) is 43.9 cm³/mol. The maximum absolute atomic E-state index is 10.7. The number of hydrogen-bond donors (Lipinski definition) is 1. The maximum Gasteiger partial charge on any atom is 0.336 e. The molecule has 2 heteroatoms. The molecule has 1 aromatic rings. The highest BCUT2D eigenvalue weighted by atomic mass is 16.4. The average molecular weight is 158 g/mol. The van der Waals surface area contributed by atoms with E-state index in [4.69, 9.17) is 5.11 Å². The molecule has 0 amide bonds. The van der Waals surface area contributed by atoms with Gasteiger partial charge in [0.15, 0.2) is 0 Å². The van der Waals surface area contributed by atoms with Crippen LogP contribution in [-0.2, 0) is 0 Å². The summed E-state index contributed by atoms with van der Waals surface area (Å²) in [5.41, 5.74) is 1.13. The molecule has 0 heterocycles. The van der Waals surface area contributed by atoms with Crippen LogP contribution in [0.3, 0.4) is 0 Å². The van der Waals surface area contributed by atoms with Gasteiger partial charge in [0.25, 0.3) is 0 Å². The molecule has 1 aromatic carbocycles. The maximum atomic E-state index is 10.7. The molecule has 1 aliphatic rings. The Morgan fingerprint density at radius 3 is 2.58 bits per heavy atom. The molecule has 2 nitrogen and oxygen atoms in total. The van der Waals surface area contributed by atoms with Crippen molar-refractivity contribution in [1.29, 1.82) is 0 Å². The number of carboxylic acids is 1. The smallest absolute Gasteiger partial charge is 0.336 e. The lowest BCUT2D eigenvalue weighted by atomic mass is 10.0. The van der Waals surface area contributed by atoms with E-state index >= 15 is 0 Å². The van der Waals surface area contributed by atoms with Crippen molar-refractivity contribution in [1.82, 2.24) is 0 Å². The van der Waals surface area contributed by atoms with Crippen molar-refractivity contribution >= 4 is 5.97 Å². The lowest BCUT2D eigenvalue weighted by Gasteiger charge is -2.01. The van der Waals surface area contributed by atoms with Crippen molar-refractivity contribution < 1.29 is 9.90 Å². The Labute approximate surface area is 69.8 Å². The van der Waals surface area contributed by atoms with Crippen molar-refractivity contribution in [2.24, 2.45) is 0 Å². The molecule has 0 aromatic heterocycles. The molecule has 12 heavy (non-hydrogen) atoms. The standard InChI is InChI=1S/C10H6O2/c11-10(12)9-4-2-1-3-8(9)7-5-6-7/h1-4,7H,(H,11,12). The molecule has 0 aliphatic heterocycles. The summed E-state index contributed by atoms with van der Waals surface area (Å²) < 4.78 is 0. The summed E-state index contributed by atoms with van der Waals surface area (Å²) >= 11 is 0. The highest BCUT2D eigenvalue weighted by molar-refractivity contribution is 5.90. The van der Waals surface area contributed by atoms with Crippen LogP contribution in [0.1, 0.15) is 21.8 Å². The van der Waals surface area contributed by atoms with Crippen LogP contribution < -0.4 is 0 Å². The quantitative estimate of drug-likeness (QED) is 0.662.